The Morgan fingerprint density at radius 1 is 1.50 bits per heavy atom. The third-order valence-corrected chi connectivity index (χ3v) is 2.39. The SMILES string of the molecule is CC(CS)CC(=O)N(C=O)CCC=O. The molecule has 0 fully saturated rings. The fraction of sp³-hybridized carbons (Fsp3) is 0.667. The van der Waals surface area contributed by atoms with Crippen molar-refractivity contribution in [3.63, 3.8) is 0 Å². The van der Waals surface area contributed by atoms with E-state index in [4.69, 9.17) is 0 Å². The van der Waals surface area contributed by atoms with E-state index in [9.17, 15) is 14.4 Å². The molecule has 0 N–H and O–H groups in total. The van der Waals surface area contributed by atoms with Gasteiger partial charge in [0.1, 0.15) is 6.29 Å². The summed E-state index contributed by atoms with van der Waals surface area (Å²) in [6.07, 6.45) is 1.64. The van der Waals surface area contributed by atoms with Crippen molar-refractivity contribution in [2.45, 2.75) is 19.8 Å². The Labute approximate surface area is 89.1 Å². The highest BCUT2D eigenvalue weighted by molar-refractivity contribution is 7.80. The van der Waals surface area contributed by atoms with E-state index in [1.54, 1.807) is 0 Å². The summed E-state index contributed by atoms with van der Waals surface area (Å²) in [6, 6.07) is 0. The molecular weight excluding hydrogens is 202 g/mol. The van der Waals surface area contributed by atoms with Gasteiger partial charge >= 0.3 is 0 Å². The maximum absolute atomic E-state index is 11.4. The Hall–Kier alpha value is -0.840. The van der Waals surface area contributed by atoms with Crippen molar-refractivity contribution < 1.29 is 14.4 Å². The Morgan fingerprint density at radius 2 is 2.14 bits per heavy atom. The van der Waals surface area contributed by atoms with Gasteiger partial charge in [-0.3, -0.25) is 14.5 Å². The van der Waals surface area contributed by atoms with Gasteiger partial charge in [0, 0.05) is 19.4 Å². The van der Waals surface area contributed by atoms with Crippen molar-refractivity contribution in [2.75, 3.05) is 12.3 Å². The van der Waals surface area contributed by atoms with Gasteiger partial charge in [-0.1, -0.05) is 6.92 Å². The number of hydrogen-bond acceptors (Lipinski definition) is 4. The summed E-state index contributed by atoms with van der Waals surface area (Å²) in [5.41, 5.74) is 0. The minimum absolute atomic E-state index is 0.143. The van der Waals surface area contributed by atoms with Gasteiger partial charge in [0.25, 0.3) is 0 Å². The van der Waals surface area contributed by atoms with E-state index in [1.165, 1.54) is 0 Å². The third kappa shape index (κ3) is 5.01. The fourth-order valence-corrected chi connectivity index (χ4v) is 1.04. The molecule has 1 atom stereocenters. The fourth-order valence-electron chi connectivity index (χ4n) is 0.908. The molecule has 0 saturated heterocycles. The highest BCUT2D eigenvalue weighted by Gasteiger charge is 2.14. The van der Waals surface area contributed by atoms with E-state index in [1.807, 2.05) is 6.92 Å². The molecule has 0 radical (unpaired) electrons. The van der Waals surface area contributed by atoms with E-state index in [-0.39, 0.29) is 24.8 Å². The van der Waals surface area contributed by atoms with E-state index in [2.05, 4.69) is 12.6 Å². The predicted octanol–water partition coefficient (Wildman–Crippen LogP) is 0.516. The molecule has 80 valence electrons. The summed E-state index contributed by atoms with van der Waals surface area (Å²) >= 11 is 4.04. The van der Waals surface area contributed by atoms with Crippen LogP contribution in [0.5, 0.6) is 0 Å². The molecule has 1 unspecified atom stereocenters. The summed E-state index contributed by atoms with van der Waals surface area (Å²) in [4.78, 5) is 33.0. The van der Waals surface area contributed by atoms with Crippen molar-refractivity contribution >= 4 is 31.2 Å². The number of carbonyl (C=O) groups is 3. The first-order chi connectivity index (χ1) is 6.65. The van der Waals surface area contributed by atoms with Crippen molar-refractivity contribution in [2.24, 2.45) is 5.92 Å². The molecule has 0 aliphatic heterocycles. The van der Waals surface area contributed by atoms with Crippen molar-refractivity contribution in [1.82, 2.24) is 4.90 Å². The molecule has 2 amide bonds. The van der Waals surface area contributed by atoms with Crippen LogP contribution in [0, 0.1) is 5.92 Å². The molecule has 0 aromatic carbocycles. The van der Waals surface area contributed by atoms with Crippen molar-refractivity contribution in [3.05, 3.63) is 0 Å². The van der Waals surface area contributed by atoms with Gasteiger partial charge in [0.05, 0.1) is 0 Å². The molecule has 14 heavy (non-hydrogen) atoms. The van der Waals surface area contributed by atoms with Crippen LogP contribution in [-0.2, 0) is 14.4 Å². The molecule has 0 heterocycles. The number of carbonyl (C=O) groups excluding carboxylic acids is 3. The van der Waals surface area contributed by atoms with Crippen molar-refractivity contribution in [3.8, 4) is 0 Å². The molecule has 0 saturated carbocycles. The summed E-state index contributed by atoms with van der Waals surface area (Å²) < 4.78 is 0. The first-order valence-corrected chi connectivity index (χ1v) is 5.08. The topological polar surface area (TPSA) is 54.5 Å². The van der Waals surface area contributed by atoms with Gasteiger partial charge in [-0.05, 0) is 11.7 Å². The van der Waals surface area contributed by atoms with Gasteiger partial charge in [-0.15, -0.1) is 0 Å². The first kappa shape index (κ1) is 13.2. The highest BCUT2D eigenvalue weighted by atomic mass is 32.1. The molecule has 0 aromatic heterocycles. The number of hydrogen-bond donors (Lipinski definition) is 1. The zero-order valence-corrected chi connectivity index (χ0v) is 9.07. The molecule has 4 nitrogen and oxygen atoms in total. The second-order valence-electron chi connectivity index (χ2n) is 3.14. The molecule has 0 bridgehead atoms. The maximum atomic E-state index is 11.4. The Kier molecular flexibility index (Phi) is 7.10. The molecular formula is C9H15NO3S. The summed E-state index contributed by atoms with van der Waals surface area (Å²) in [5.74, 6) is 0.500. The lowest BCUT2D eigenvalue weighted by atomic mass is 10.1. The van der Waals surface area contributed by atoms with Crippen LogP contribution in [0.3, 0.4) is 0 Å². The lowest BCUT2D eigenvalue weighted by Gasteiger charge is -2.15. The van der Waals surface area contributed by atoms with Crippen LogP contribution in [0.2, 0.25) is 0 Å². The summed E-state index contributed by atoms with van der Waals surface area (Å²) in [7, 11) is 0. The van der Waals surface area contributed by atoms with Crippen LogP contribution in [0.15, 0.2) is 0 Å². The van der Waals surface area contributed by atoms with Gasteiger partial charge in [0.15, 0.2) is 0 Å². The maximum Gasteiger partial charge on any atom is 0.229 e. The predicted molar refractivity (Wildman–Crippen MR) is 56.1 cm³/mol. The quantitative estimate of drug-likeness (QED) is 0.499. The lowest BCUT2D eigenvalue weighted by Crippen LogP contribution is -2.32. The smallest absolute Gasteiger partial charge is 0.229 e. The highest BCUT2D eigenvalue weighted by Crippen LogP contribution is 2.06. The van der Waals surface area contributed by atoms with Crippen LogP contribution in [0.25, 0.3) is 0 Å². The normalized spacial score (nSPS) is 11.9. The monoisotopic (exact) mass is 217 g/mol. The molecule has 0 aliphatic carbocycles. The standard InChI is InChI=1S/C9H15NO3S/c1-8(6-14)5-9(13)10(7-12)3-2-4-11/h4,7-8,14H,2-3,5-6H2,1H3. The van der Waals surface area contributed by atoms with Crippen LogP contribution < -0.4 is 0 Å². The minimum Gasteiger partial charge on any atom is -0.303 e. The number of amides is 2. The first-order valence-electron chi connectivity index (χ1n) is 4.45. The second-order valence-corrected chi connectivity index (χ2v) is 3.50. The van der Waals surface area contributed by atoms with Gasteiger partial charge in [-0.2, -0.15) is 12.6 Å². The van der Waals surface area contributed by atoms with Crippen LogP contribution >= 0.6 is 12.6 Å². The van der Waals surface area contributed by atoms with E-state index < -0.39 is 0 Å². The van der Waals surface area contributed by atoms with E-state index in [0.717, 1.165) is 4.90 Å². The molecule has 0 aromatic rings. The van der Waals surface area contributed by atoms with Crippen molar-refractivity contribution in [1.29, 1.82) is 0 Å². The average Bonchev–Trinajstić information content (AvgIpc) is 2.18. The molecule has 0 aliphatic rings. The lowest BCUT2D eigenvalue weighted by molar-refractivity contribution is -0.138. The summed E-state index contributed by atoms with van der Waals surface area (Å²) in [6.45, 7) is 2.05. The van der Waals surface area contributed by atoms with E-state index >= 15 is 0 Å². The van der Waals surface area contributed by atoms with Crippen LogP contribution in [0.4, 0.5) is 0 Å². The molecule has 5 heteroatoms. The largest absolute Gasteiger partial charge is 0.303 e. The number of imide groups is 1. The van der Waals surface area contributed by atoms with Crippen LogP contribution in [0.1, 0.15) is 19.8 Å². The Morgan fingerprint density at radius 3 is 2.57 bits per heavy atom. The van der Waals surface area contributed by atoms with E-state index in [0.29, 0.717) is 24.9 Å². The molecule has 0 spiro atoms. The summed E-state index contributed by atoms with van der Waals surface area (Å²) in [5, 5.41) is 0. The number of aldehydes is 1. The van der Waals surface area contributed by atoms with Gasteiger partial charge in [0.2, 0.25) is 12.3 Å². The van der Waals surface area contributed by atoms with Crippen LogP contribution in [-0.4, -0.2) is 35.8 Å². The third-order valence-electron chi connectivity index (χ3n) is 1.77. The Bertz CT molecular complexity index is 208. The molecule has 0 rings (SSSR count). The zero-order chi connectivity index (χ0) is 11.0. The minimum atomic E-state index is -0.247. The number of rotatable bonds is 7. The zero-order valence-electron chi connectivity index (χ0n) is 8.18. The average molecular weight is 217 g/mol. The second kappa shape index (κ2) is 7.55. The van der Waals surface area contributed by atoms with Gasteiger partial charge in [-0.25, -0.2) is 0 Å². The van der Waals surface area contributed by atoms with Gasteiger partial charge < -0.3 is 4.79 Å². The Balaban J connectivity index is 4.03. The number of nitrogens with zero attached hydrogens (tertiary/aromatic N) is 1. The number of thiol groups is 1.